The molecule has 0 atom stereocenters. The largest absolute Gasteiger partial charge is 0.460 e. The van der Waals surface area contributed by atoms with Crippen molar-refractivity contribution in [3.05, 3.63) is 11.6 Å². The Morgan fingerprint density at radius 1 is 1.26 bits per heavy atom. The molecule has 0 aliphatic carbocycles. The molecular weight excluding hydrogens is 250 g/mol. The Morgan fingerprint density at radius 2 is 2.05 bits per heavy atom. The quantitative estimate of drug-likeness (QED) is 0.489. The number of aromatic nitrogens is 3. The third-order valence-electron chi connectivity index (χ3n) is 2.50. The number of carbonyl (C=O) groups is 1. The third kappa shape index (κ3) is 4.96. The maximum Gasteiger partial charge on any atom is 0.376 e. The lowest BCUT2D eigenvalue weighted by molar-refractivity contribution is 0.0501. The average Bonchev–Trinajstić information content (AvgIpc) is 2.76. The van der Waals surface area contributed by atoms with Crippen LogP contribution in [0.5, 0.6) is 0 Å². The SMILES string of the molecule is CCOC(=O)c1nnc(C)n1CCCOCCOC. The average molecular weight is 271 g/mol. The first-order chi connectivity index (χ1) is 9.20. The van der Waals surface area contributed by atoms with Crippen molar-refractivity contribution >= 4 is 5.97 Å². The van der Waals surface area contributed by atoms with Crippen LogP contribution in [0.15, 0.2) is 0 Å². The molecule has 19 heavy (non-hydrogen) atoms. The number of nitrogens with zero attached hydrogens (tertiary/aromatic N) is 3. The van der Waals surface area contributed by atoms with Crippen molar-refractivity contribution < 1.29 is 19.0 Å². The number of aryl methyl sites for hydroxylation is 1. The van der Waals surface area contributed by atoms with Gasteiger partial charge in [0, 0.05) is 20.3 Å². The molecule has 1 aromatic heterocycles. The number of hydrogen-bond donors (Lipinski definition) is 0. The Kier molecular flexibility index (Phi) is 7.06. The predicted molar refractivity (Wildman–Crippen MR) is 68.0 cm³/mol. The summed E-state index contributed by atoms with van der Waals surface area (Å²) in [5.41, 5.74) is 0. The van der Waals surface area contributed by atoms with Gasteiger partial charge in [0.2, 0.25) is 5.82 Å². The van der Waals surface area contributed by atoms with Crippen molar-refractivity contribution in [3.63, 3.8) is 0 Å². The lowest BCUT2D eigenvalue weighted by Crippen LogP contribution is -2.15. The molecule has 0 aliphatic heterocycles. The minimum atomic E-state index is -0.441. The van der Waals surface area contributed by atoms with E-state index in [0.29, 0.717) is 38.8 Å². The smallest absolute Gasteiger partial charge is 0.376 e. The van der Waals surface area contributed by atoms with Crippen molar-refractivity contribution in [2.24, 2.45) is 0 Å². The van der Waals surface area contributed by atoms with Crippen LogP contribution in [0, 0.1) is 6.92 Å². The molecule has 1 heterocycles. The van der Waals surface area contributed by atoms with E-state index in [9.17, 15) is 4.79 Å². The number of rotatable bonds is 9. The van der Waals surface area contributed by atoms with Crippen LogP contribution in [0.25, 0.3) is 0 Å². The van der Waals surface area contributed by atoms with Crippen LogP contribution < -0.4 is 0 Å². The van der Waals surface area contributed by atoms with Gasteiger partial charge in [-0.3, -0.25) is 0 Å². The van der Waals surface area contributed by atoms with E-state index in [1.807, 2.05) is 6.92 Å². The minimum absolute atomic E-state index is 0.247. The number of carbonyl (C=O) groups excluding carboxylic acids is 1. The van der Waals surface area contributed by atoms with Crippen LogP contribution in [0.2, 0.25) is 0 Å². The van der Waals surface area contributed by atoms with Gasteiger partial charge in [-0.15, -0.1) is 10.2 Å². The second kappa shape index (κ2) is 8.60. The standard InChI is InChI=1S/C12H21N3O4/c1-4-19-12(16)11-14-13-10(2)15(11)6-5-7-18-9-8-17-3/h4-9H2,1-3H3. The third-order valence-corrected chi connectivity index (χ3v) is 2.50. The molecule has 0 aliphatic rings. The van der Waals surface area contributed by atoms with Crippen LogP contribution >= 0.6 is 0 Å². The highest BCUT2D eigenvalue weighted by atomic mass is 16.5. The molecule has 0 amide bonds. The number of methoxy groups -OCH3 is 1. The zero-order chi connectivity index (χ0) is 14.1. The Morgan fingerprint density at radius 3 is 2.74 bits per heavy atom. The highest BCUT2D eigenvalue weighted by Crippen LogP contribution is 2.05. The van der Waals surface area contributed by atoms with Gasteiger partial charge in [-0.25, -0.2) is 4.79 Å². The van der Waals surface area contributed by atoms with Gasteiger partial charge in [0.15, 0.2) is 0 Å². The van der Waals surface area contributed by atoms with Crippen molar-refractivity contribution in [2.75, 3.05) is 33.5 Å². The topological polar surface area (TPSA) is 75.5 Å². The molecular formula is C12H21N3O4. The lowest BCUT2D eigenvalue weighted by atomic mass is 10.4. The summed E-state index contributed by atoms with van der Waals surface area (Å²) >= 11 is 0. The summed E-state index contributed by atoms with van der Waals surface area (Å²) in [5.74, 6) is 0.500. The second-order valence-corrected chi connectivity index (χ2v) is 3.90. The van der Waals surface area contributed by atoms with Crippen LogP contribution in [0.1, 0.15) is 29.8 Å². The molecule has 0 saturated carbocycles. The highest BCUT2D eigenvalue weighted by molar-refractivity contribution is 5.85. The molecule has 1 rings (SSSR count). The van der Waals surface area contributed by atoms with Gasteiger partial charge in [0.05, 0.1) is 19.8 Å². The van der Waals surface area contributed by atoms with E-state index in [2.05, 4.69) is 10.2 Å². The zero-order valence-corrected chi connectivity index (χ0v) is 11.7. The Balaban J connectivity index is 2.44. The van der Waals surface area contributed by atoms with Crippen LogP contribution in [-0.2, 0) is 20.8 Å². The van der Waals surface area contributed by atoms with E-state index in [4.69, 9.17) is 14.2 Å². The first kappa shape index (κ1) is 15.6. The summed E-state index contributed by atoms with van der Waals surface area (Å²) < 4.78 is 16.9. The fraction of sp³-hybridized carbons (Fsp3) is 0.750. The maximum absolute atomic E-state index is 11.7. The summed E-state index contributed by atoms with van der Waals surface area (Å²) in [7, 11) is 1.63. The summed E-state index contributed by atoms with van der Waals surface area (Å²) in [6.07, 6.45) is 0.773. The van der Waals surface area contributed by atoms with Crippen molar-refractivity contribution in [1.82, 2.24) is 14.8 Å². The van der Waals surface area contributed by atoms with Gasteiger partial charge in [0.1, 0.15) is 5.82 Å². The maximum atomic E-state index is 11.7. The first-order valence-corrected chi connectivity index (χ1v) is 6.34. The molecule has 0 radical (unpaired) electrons. The minimum Gasteiger partial charge on any atom is -0.460 e. The Hall–Kier alpha value is -1.47. The van der Waals surface area contributed by atoms with E-state index < -0.39 is 5.97 Å². The molecule has 0 N–H and O–H groups in total. The first-order valence-electron chi connectivity index (χ1n) is 6.34. The molecule has 7 heteroatoms. The van der Waals surface area contributed by atoms with Gasteiger partial charge in [-0.05, 0) is 20.3 Å². The van der Waals surface area contributed by atoms with E-state index >= 15 is 0 Å². The highest BCUT2D eigenvalue weighted by Gasteiger charge is 2.17. The monoisotopic (exact) mass is 271 g/mol. The van der Waals surface area contributed by atoms with E-state index in [1.54, 1.807) is 18.6 Å². The molecule has 7 nitrogen and oxygen atoms in total. The summed E-state index contributed by atoms with van der Waals surface area (Å²) in [6.45, 7) is 6.27. The number of esters is 1. The van der Waals surface area contributed by atoms with Crippen molar-refractivity contribution in [1.29, 1.82) is 0 Å². The van der Waals surface area contributed by atoms with E-state index in [1.165, 1.54) is 0 Å². The van der Waals surface area contributed by atoms with Gasteiger partial charge < -0.3 is 18.8 Å². The van der Waals surface area contributed by atoms with Gasteiger partial charge in [-0.1, -0.05) is 0 Å². The molecule has 0 spiro atoms. The predicted octanol–water partition coefficient (Wildman–Crippen LogP) is 0.816. The zero-order valence-electron chi connectivity index (χ0n) is 11.7. The van der Waals surface area contributed by atoms with Gasteiger partial charge >= 0.3 is 5.97 Å². The number of hydrogen-bond acceptors (Lipinski definition) is 6. The molecule has 0 unspecified atom stereocenters. The van der Waals surface area contributed by atoms with E-state index in [-0.39, 0.29) is 5.82 Å². The van der Waals surface area contributed by atoms with Crippen LogP contribution in [0.3, 0.4) is 0 Å². The molecule has 0 saturated heterocycles. The Labute approximate surface area is 112 Å². The molecule has 0 aromatic carbocycles. The molecule has 0 fully saturated rings. The van der Waals surface area contributed by atoms with Crippen molar-refractivity contribution in [3.8, 4) is 0 Å². The summed E-state index contributed by atoms with van der Waals surface area (Å²) in [5, 5.41) is 7.74. The second-order valence-electron chi connectivity index (χ2n) is 3.90. The Bertz CT molecular complexity index is 392. The number of ether oxygens (including phenoxy) is 3. The normalized spacial score (nSPS) is 10.7. The summed E-state index contributed by atoms with van der Waals surface area (Å²) in [4.78, 5) is 11.7. The van der Waals surface area contributed by atoms with Gasteiger partial charge in [0.25, 0.3) is 0 Å². The van der Waals surface area contributed by atoms with E-state index in [0.717, 1.165) is 6.42 Å². The molecule has 0 bridgehead atoms. The fourth-order valence-corrected chi connectivity index (χ4v) is 1.56. The van der Waals surface area contributed by atoms with Crippen molar-refractivity contribution in [2.45, 2.75) is 26.8 Å². The van der Waals surface area contributed by atoms with Gasteiger partial charge in [-0.2, -0.15) is 0 Å². The summed E-state index contributed by atoms with van der Waals surface area (Å²) in [6, 6.07) is 0. The van der Waals surface area contributed by atoms with Crippen LogP contribution in [0.4, 0.5) is 0 Å². The molecule has 108 valence electrons. The lowest BCUT2D eigenvalue weighted by Gasteiger charge is -2.08. The fourth-order valence-electron chi connectivity index (χ4n) is 1.56. The van der Waals surface area contributed by atoms with Crippen LogP contribution in [-0.4, -0.2) is 54.3 Å². The molecule has 1 aromatic rings.